The first-order valence-corrected chi connectivity index (χ1v) is 3.99. The summed E-state index contributed by atoms with van der Waals surface area (Å²) in [5.41, 5.74) is 0. The van der Waals surface area contributed by atoms with Crippen molar-refractivity contribution in [2.24, 2.45) is 0 Å². The van der Waals surface area contributed by atoms with Gasteiger partial charge in [0.1, 0.15) is 0 Å². The van der Waals surface area contributed by atoms with Crippen molar-refractivity contribution in [3.05, 3.63) is 12.4 Å². The number of hydrogen-bond acceptors (Lipinski definition) is 3. The number of nitrogens with zero attached hydrogens (tertiary/aromatic N) is 3. The minimum absolute atomic E-state index is 0.403. The molecule has 0 aliphatic carbocycles. The molecule has 64 valence electrons. The van der Waals surface area contributed by atoms with E-state index >= 15 is 0 Å². The molecule has 3 nitrogen and oxygen atoms in total. The lowest BCUT2D eigenvalue weighted by molar-refractivity contribution is 0.0466. The molecule has 0 saturated heterocycles. The molecule has 0 aromatic carbocycles. The topological polar surface area (TPSA) is 9.72 Å². The molecule has 1 unspecified atom stereocenters. The lowest BCUT2D eigenvalue weighted by atomic mass is 10.5. The minimum atomic E-state index is 0.403. The molecule has 0 aromatic heterocycles. The van der Waals surface area contributed by atoms with Crippen molar-refractivity contribution in [2.45, 2.75) is 13.2 Å². The molecule has 1 aliphatic heterocycles. The van der Waals surface area contributed by atoms with E-state index in [1.54, 1.807) is 0 Å². The first-order valence-electron chi connectivity index (χ1n) is 3.99. The van der Waals surface area contributed by atoms with Crippen molar-refractivity contribution in [1.82, 2.24) is 14.7 Å². The molecule has 1 rings (SSSR count). The maximum atomic E-state index is 2.29. The van der Waals surface area contributed by atoms with Crippen molar-refractivity contribution < 1.29 is 0 Å². The van der Waals surface area contributed by atoms with Crippen molar-refractivity contribution in [1.29, 1.82) is 0 Å². The van der Waals surface area contributed by atoms with E-state index in [0.29, 0.717) is 6.29 Å². The molecule has 0 amide bonds. The Balaban J connectivity index is 2.62. The highest BCUT2D eigenvalue weighted by Gasteiger charge is 2.23. The smallest absolute Gasteiger partial charge is 0.159 e. The highest BCUT2D eigenvalue weighted by Crippen LogP contribution is 2.14. The van der Waals surface area contributed by atoms with Crippen LogP contribution in [0.15, 0.2) is 12.4 Å². The summed E-state index contributed by atoms with van der Waals surface area (Å²) < 4.78 is 0. The van der Waals surface area contributed by atoms with E-state index in [1.807, 2.05) is 0 Å². The predicted molar refractivity (Wildman–Crippen MR) is 46.8 cm³/mol. The van der Waals surface area contributed by atoms with Crippen LogP contribution in [0.2, 0.25) is 0 Å². The van der Waals surface area contributed by atoms with Gasteiger partial charge in [0, 0.05) is 26.0 Å². The van der Waals surface area contributed by atoms with Crippen LogP contribution < -0.4 is 0 Å². The molecular weight excluding hydrogens is 138 g/mol. The summed E-state index contributed by atoms with van der Waals surface area (Å²) in [5, 5.41) is 0. The third-order valence-electron chi connectivity index (χ3n) is 1.98. The van der Waals surface area contributed by atoms with Crippen LogP contribution in [0.3, 0.4) is 0 Å². The highest BCUT2D eigenvalue weighted by atomic mass is 15.5. The quantitative estimate of drug-likeness (QED) is 0.577. The zero-order valence-electron chi connectivity index (χ0n) is 7.78. The Morgan fingerprint density at radius 1 is 1.36 bits per heavy atom. The number of rotatable bonds is 2. The lowest BCUT2D eigenvalue weighted by Gasteiger charge is -2.34. The average Bonchev–Trinajstić information content (AvgIpc) is 2.30. The van der Waals surface area contributed by atoms with Crippen molar-refractivity contribution in [3.8, 4) is 0 Å². The first kappa shape index (κ1) is 8.40. The van der Waals surface area contributed by atoms with Gasteiger partial charge in [-0.15, -0.1) is 0 Å². The molecule has 11 heavy (non-hydrogen) atoms. The Labute approximate surface area is 68.9 Å². The Morgan fingerprint density at radius 2 is 2.00 bits per heavy atom. The largest absolute Gasteiger partial charge is 0.347 e. The molecule has 0 bridgehead atoms. The van der Waals surface area contributed by atoms with Crippen LogP contribution in [0.1, 0.15) is 6.92 Å². The summed E-state index contributed by atoms with van der Waals surface area (Å²) >= 11 is 0. The van der Waals surface area contributed by atoms with Gasteiger partial charge in [-0.2, -0.15) is 0 Å². The van der Waals surface area contributed by atoms with Gasteiger partial charge in [0.2, 0.25) is 0 Å². The summed E-state index contributed by atoms with van der Waals surface area (Å²) in [6, 6.07) is 0. The van der Waals surface area contributed by atoms with Crippen LogP contribution in [-0.2, 0) is 0 Å². The van der Waals surface area contributed by atoms with E-state index in [1.165, 1.54) is 0 Å². The van der Waals surface area contributed by atoms with Crippen molar-refractivity contribution in [3.63, 3.8) is 0 Å². The molecule has 1 aliphatic rings. The van der Waals surface area contributed by atoms with Gasteiger partial charge >= 0.3 is 0 Å². The van der Waals surface area contributed by atoms with Crippen molar-refractivity contribution >= 4 is 0 Å². The molecule has 0 spiro atoms. The summed E-state index contributed by atoms with van der Waals surface area (Å²) in [6.45, 7) is 3.23. The van der Waals surface area contributed by atoms with Crippen LogP contribution in [0.25, 0.3) is 0 Å². The van der Waals surface area contributed by atoms with Gasteiger partial charge in [-0.1, -0.05) is 0 Å². The Morgan fingerprint density at radius 3 is 2.36 bits per heavy atom. The van der Waals surface area contributed by atoms with Gasteiger partial charge in [0.15, 0.2) is 6.29 Å². The number of hydrogen-bond donors (Lipinski definition) is 0. The fourth-order valence-electron chi connectivity index (χ4n) is 1.51. The van der Waals surface area contributed by atoms with Gasteiger partial charge in [0.05, 0.1) is 0 Å². The third kappa shape index (κ3) is 1.48. The van der Waals surface area contributed by atoms with Gasteiger partial charge in [-0.25, -0.2) is 0 Å². The predicted octanol–water partition coefficient (Wildman–Crippen LogP) is 0.570. The molecule has 0 N–H and O–H groups in total. The molecule has 0 aromatic rings. The van der Waals surface area contributed by atoms with E-state index < -0.39 is 0 Å². The van der Waals surface area contributed by atoms with E-state index in [0.717, 1.165) is 6.54 Å². The van der Waals surface area contributed by atoms with Gasteiger partial charge in [-0.05, 0) is 21.0 Å². The van der Waals surface area contributed by atoms with Crippen LogP contribution in [0.5, 0.6) is 0 Å². The summed E-state index contributed by atoms with van der Waals surface area (Å²) in [6.07, 6.45) is 4.64. The summed E-state index contributed by atoms with van der Waals surface area (Å²) in [4.78, 5) is 6.69. The molecule has 1 heterocycles. The van der Waals surface area contributed by atoms with Crippen LogP contribution >= 0.6 is 0 Å². The summed E-state index contributed by atoms with van der Waals surface area (Å²) in [5.74, 6) is 0. The van der Waals surface area contributed by atoms with E-state index in [4.69, 9.17) is 0 Å². The van der Waals surface area contributed by atoms with E-state index in [2.05, 4.69) is 55.2 Å². The Hall–Kier alpha value is -0.700. The monoisotopic (exact) mass is 155 g/mol. The lowest BCUT2D eigenvalue weighted by Crippen LogP contribution is -2.47. The van der Waals surface area contributed by atoms with E-state index in [9.17, 15) is 0 Å². The van der Waals surface area contributed by atoms with E-state index in [-0.39, 0.29) is 0 Å². The molecule has 3 heteroatoms. The minimum Gasteiger partial charge on any atom is -0.347 e. The zero-order valence-corrected chi connectivity index (χ0v) is 7.78. The molecule has 0 radical (unpaired) electrons. The maximum Gasteiger partial charge on any atom is 0.159 e. The summed E-state index contributed by atoms with van der Waals surface area (Å²) in [7, 11) is 6.28. The fraction of sp³-hybridized carbons (Fsp3) is 0.750. The third-order valence-corrected chi connectivity index (χ3v) is 1.98. The van der Waals surface area contributed by atoms with Gasteiger partial charge in [-0.3, -0.25) is 4.90 Å². The zero-order chi connectivity index (χ0) is 8.43. The first-order chi connectivity index (χ1) is 5.16. The second kappa shape index (κ2) is 3.13. The SMILES string of the molecule is CCN1C=CN(C)C1N(C)C. The van der Waals surface area contributed by atoms with Crippen molar-refractivity contribution in [2.75, 3.05) is 27.7 Å². The second-order valence-electron chi connectivity index (χ2n) is 3.10. The van der Waals surface area contributed by atoms with Crippen LogP contribution in [0, 0.1) is 0 Å². The average molecular weight is 155 g/mol. The second-order valence-corrected chi connectivity index (χ2v) is 3.10. The highest BCUT2D eigenvalue weighted by molar-refractivity contribution is 4.93. The van der Waals surface area contributed by atoms with Crippen LogP contribution in [0.4, 0.5) is 0 Å². The fourth-order valence-corrected chi connectivity index (χ4v) is 1.51. The maximum absolute atomic E-state index is 2.29. The molecule has 0 fully saturated rings. The molecular formula is C8H17N3. The van der Waals surface area contributed by atoms with Crippen LogP contribution in [-0.4, -0.2) is 48.7 Å². The van der Waals surface area contributed by atoms with Gasteiger partial charge < -0.3 is 9.80 Å². The normalized spacial score (nSPS) is 23.9. The Bertz CT molecular complexity index is 153. The Kier molecular flexibility index (Phi) is 2.39. The standard InChI is InChI=1S/C8H17N3/c1-5-11-7-6-10(4)8(11)9(2)3/h6-8H,5H2,1-4H3. The molecule has 1 atom stereocenters. The van der Waals surface area contributed by atoms with Gasteiger partial charge in [0.25, 0.3) is 0 Å². The molecule has 0 saturated carbocycles.